The van der Waals surface area contributed by atoms with E-state index in [9.17, 15) is 28.6 Å². The number of aromatic nitrogens is 1. The summed E-state index contributed by atoms with van der Waals surface area (Å²) >= 11 is 0. The van der Waals surface area contributed by atoms with E-state index in [1.807, 2.05) is 0 Å². The summed E-state index contributed by atoms with van der Waals surface area (Å²) in [5.41, 5.74) is 0.772. The van der Waals surface area contributed by atoms with Gasteiger partial charge in [0.25, 0.3) is 5.91 Å². The first-order valence-corrected chi connectivity index (χ1v) is 8.70. The van der Waals surface area contributed by atoms with Gasteiger partial charge < -0.3 is 10.2 Å². The fourth-order valence-corrected chi connectivity index (χ4v) is 3.59. The van der Waals surface area contributed by atoms with Gasteiger partial charge in [-0.05, 0) is 42.7 Å². The number of carboxylic acid groups (broad SMARTS) is 1. The molecule has 2 aromatic carbocycles. The molecule has 0 aliphatic heterocycles. The van der Waals surface area contributed by atoms with E-state index in [0.717, 1.165) is 18.2 Å². The highest BCUT2D eigenvalue weighted by Gasteiger charge is 2.32. The molecule has 0 bridgehead atoms. The van der Waals surface area contributed by atoms with Crippen LogP contribution in [0.1, 0.15) is 41.4 Å². The van der Waals surface area contributed by atoms with Crippen LogP contribution in [0.2, 0.25) is 0 Å². The van der Waals surface area contributed by atoms with Crippen molar-refractivity contribution in [2.75, 3.05) is 0 Å². The standard InChI is InChI=1S/C21H19F2NO4/c1-10(2)18(21(27)28)19-11(3)24(16-9-15(23)17(25)8-14(16)19)20(26)12-5-4-6-13(22)7-12/h4-10,18,25H,1-3H3,(H,27,28). The number of hydrogen-bond donors (Lipinski definition) is 2. The number of carboxylic acids is 1. The van der Waals surface area contributed by atoms with E-state index >= 15 is 0 Å². The van der Waals surface area contributed by atoms with Crippen LogP contribution in [0.15, 0.2) is 36.4 Å². The number of benzene rings is 2. The largest absolute Gasteiger partial charge is 0.505 e. The minimum atomic E-state index is -1.10. The lowest BCUT2D eigenvalue weighted by Gasteiger charge is -2.17. The molecule has 1 unspecified atom stereocenters. The number of aliphatic carboxylic acids is 1. The maximum Gasteiger partial charge on any atom is 0.311 e. The molecule has 0 spiro atoms. The molecular weight excluding hydrogens is 368 g/mol. The van der Waals surface area contributed by atoms with Crippen molar-refractivity contribution in [3.63, 3.8) is 0 Å². The van der Waals surface area contributed by atoms with Crippen molar-refractivity contribution < 1.29 is 28.6 Å². The number of phenolic OH excluding ortho intramolecular Hbond substituents is 1. The average Bonchev–Trinajstić information content (AvgIpc) is 2.86. The molecule has 0 radical (unpaired) electrons. The van der Waals surface area contributed by atoms with Crippen molar-refractivity contribution in [2.24, 2.45) is 5.92 Å². The molecule has 1 aromatic heterocycles. The van der Waals surface area contributed by atoms with E-state index in [-0.39, 0.29) is 22.4 Å². The second-order valence-corrected chi connectivity index (χ2v) is 7.03. The number of carbonyl (C=O) groups excluding carboxylic acids is 1. The van der Waals surface area contributed by atoms with Gasteiger partial charge >= 0.3 is 5.97 Å². The molecule has 2 N–H and O–H groups in total. The topological polar surface area (TPSA) is 79.5 Å². The maximum absolute atomic E-state index is 14.1. The molecule has 5 nitrogen and oxygen atoms in total. The minimum Gasteiger partial charge on any atom is -0.505 e. The summed E-state index contributed by atoms with van der Waals surface area (Å²) in [6.07, 6.45) is 0. The highest BCUT2D eigenvalue weighted by Crippen LogP contribution is 2.38. The Morgan fingerprint density at radius 3 is 2.36 bits per heavy atom. The number of phenols is 1. The van der Waals surface area contributed by atoms with Gasteiger partial charge in [-0.15, -0.1) is 0 Å². The van der Waals surface area contributed by atoms with Gasteiger partial charge in [-0.25, -0.2) is 8.78 Å². The number of aromatic hydroxyl groups is 1. The van der Waals surface area contributed by atoms with Gasteiger partial charge in [0.05, 0.1) is 11.4 Å². The summed E-state index contributed by atoms with van der Waals surface area (Å²) < 4.78 is 28.8. The third kappa shape index (κ3) is 3.13. The predicted octanol–water partition coefficient (Wildman–Crippen LogP) is 4.45. The highest BCUT2D eigenvalue weighted by atomic mass is 19.1. The number of fused-ring (bicyclic) bond motifs is 1. The summed E-state index contributed by atoms with van der Waals surface area (Å²) in [5.74, 6) is -5.21. The van der Waals surface area contributed by atoms with Crippen molar-refractivity contribution >= 4 is 22.8 Å². The molecule has 0 amide bonds. The van der Waals surface area contributed by atoms with Crippen molar-refractivity contribution in [1.29, 1.82) is 0 Å². The Hall–Kier alpha value is -3.22. The van der Waals surface area contributed by atoms with Gasteiger partial charge in [0.15, 0.2) is 11.6 Å². The normalized spacial score (nSPS) is 12.5. The molecule has 7 heteroatoms. The Balaban J connectivity index is 2.38. The van der Waals surface area contributed by atoms with E-state index in [0.29, 0.717) is 11.3 Å². The van der Waals surface area contributed by atoms with E-state index in [4.69, 9.17) is 0 Å². The molecule has 3 aromatic rings. The lowest BCUT2D eigenvalue weighted by molar-refractivity contribution is -0.139. The van der Waals surface area contributed by atoms with Gasteiger partial charge in [0.2, 0.25) is 0 Å². The highest BCUT2D eigenvalue weighted by molar-refractivity contribution is 6.05. The second kappa shape index (κ2) is 7.07. The van der Waals surface area contributed by atoms with Crippen molar-refractivity contribution in [1.82, 2.24) is 4.57 Å². The number of hydrogen-bond acceptors (Lipinski definition) is 3. The summed E-state index contributed by atoms with van der Waals surface area (Å²) in [7, 11) is 0. The molecule has 0 aliphatic rings. The molecule has 0 saturated carbocycles. The van der Waals surface area contributed by atoms with Crippen molar-refractivity contribution in [3.05, 3.63) is 64.9 Å². The number of nitrogens with zero attached hydrogens (tertiary/aromatic N) is 1. The first-order chi connectivity index (χ1) is 13.1. The van der Waals surface area contributed by atoms with Gasteiger partial charge in [-0.1, -0.05) is 19.9 Å². The summed E-state index contributed by atoms with van der Waals surface area (Å²) in [4.78, 5) is 25.0. The zero-order valence-electron chi connectivity index (χ0n) is 15.5. The van der Waals surface area contributed by atoms with Gasteiger partial charge in [-0.2, -0.15) is 0 Å². The van der Waals surface area contributed by atoms with Gasteiger partial charge in [-0.3, -0.25) is 14.2 Å². The van der Waals surface area contributed by atoms with Crippen molar-refractivity contribution in [2.45, 2.75) is 26.7 Å². The van der Waals surface area contributed by atoms with Gasteiger partial charge in [0.1, 0.15) is 5.82 Å². The predicted molar refractivity (Wildman–Crippen MR) is 99.6 cm³/mol. The van der Waals surface area contributed by atoms with Gasteiger partial charge in [0, 0.05) is 22.7 Å². The zero-order chi connectivity index (χ0) is 20.7. The van der Waals surface area contributed by atoms with E-state index in [1.165, 1.54) is 22.8 Å². The second-order valence-electron chi connectivity index (χ2n) is 7.03. The third-order valence-electron chi connectivity index (χ3n) is 4.84. The summed E-state index contributed by atoms with van der Waals surface area (Å²) in [5, 5.41) is 19.8. The fraction of sp³-hybridized carbons (Fsp3) is 0.238. The number of halogens is 2. The van der Waals surface area contributed by atoms with Crippen LogP contribution in [0.5, 0.6) is 5.75 Å². The lowest BCUT2D eigenvalue weighted by Crippen LogP contribution is -2.19. The fourth-order valence-electron chi connectivity index (χ4n) is 3.59. The molecule has 1 atom stereocenters. The first-order valence-electron chi connectivity index (χ1n) is 8.70. The molecule has 0 aliphatic carbocycles. The quantitative estimate of drug-likeness (QED) is 0.693. The molecule has 3 rings (SSSR count). The Kier molecular flexibility index (Phi) is 4.93. The Bertz CT molecular complexity index is 1100. The van der Waals surface area contributed by atoms with Crippen LogP contribution in [0.3, 0.4) is 0 Å². The third-order valence-corrected chi connectivity index (χ3v) is 4.84. The molecule has 146 valence electrons. The average molecular weight is 387 g/mol. The SMILES string of the molecule is Cc1c(C(C(=O)O)C(C)C)c2cc(O)c(F)cc2n1C(=O)c1cccc(F)c1. The maximum atomic E-state index is 14.1. The molecule has 28 heavy (non-hydrogen) atoms. The van der Waals surface area contributed by atoms with E-state index < -0.39 is 35.2 Å². The summed E-state index contributed by atoms with van der Waals surface area (Å²) in [6, 6.07) is 7.16. The van der Waals surface area contributed by atoms with E-state index in [2.05, 4.69) is 0 Å². The molecule has 0 saturated heterocycles. The monoisotopic (exact) mass is 387 g/mol. The van der Waals surface area contributed by atoms with Crippen LogP contribution in [0, 0.1) is 24.5 Å². The first kappa shape index (κ1) is 19.5. The lowest BCUT2D eigenvalue weighted by atomic mass is 9.86. The number of rotatable bonds is 4. The van der Waals surface area contributed by atoms with Crippen LogP contribution in [-0.2, 0) is 4.79 Å². The molecule has 0 fully saturated rings. The summed E-state index contributed by atoms with van der Waals surface area (Å²) in [6.45, 7) is 5.00. The Morgan fingerprint density at radius 2 is 1.79 bits per heavy atom. The minimum absolute atomic E-state index is 0.0384. The molecular formula is C21H19F2NO4. The molecule has 1 heterocycles. The van der Waals surface area contributed by atoms with Crippen LogP contribution < -0.4 is 0 Å². The Morgan fingerprint density at radius 1 is 1.11 bits per heavy atom. The Labute approximate surface area is 159 Å². The smallest absolute Gasteiger partial charge is 0.311 e. The van der Waals surface area contributed by atoms with Crippen LogP contribution in [0.4, 0.5) is 8.78 Å². The number of carbonyl (C=O) groups is 2. The van der Waals surface area contributed by atoms with Crippen LogP contribution in [-0.4, -0.2) is 26.7 Å². The zero-order valence-corrected chi connectivity index (χ0v) is 15.5. The van der Waals surface area contributed by atoms with Crippen LogP contribution in [0.25, 0.3) is 10.9 Å². The van der Waals surface area contributed by atoms with E-state index in [1.54, 1.807) is 20.8 Å². The van der Waals surface area contributed by atoms with Crippen molar-refractivity contribution in [3.8, 4) is 5.75 Å². The van der Waals surface area contributed by atoms with Crippen LogP contribution >= 0.6 is 0 Å².